The lowest BCUT2D eigenvalue weighted by molar-refractivity contribution is 0.0730. The van der Waals surface area contributed by atoms with Crippen LogP contribution in [0.4, 0.5) is 0 Å². The molecule has 0 aromatic heterocycles. The summed E-state index contributed by atoms with van der Waals surface area (Å²) in [5, 5.41) is 1.02. The largest absolute Gasteiger partial charge is 0.336 e. The fourth-order valence-electron chi connectivity index (χ4n) is 2.89. The van der Waals surface area contributed by atoms with Gasteiger partial charge < -0.3 is 4.90 Å². The number of hydrogen-bond acceptors (Lipinski definition) is 1. The summed E-state index contributed by atoms with van der Waals surface area (Å²) in [4.78, 5) is 14.7. The third-order valence-electron chi connectivity index (χ3n) is 4.13. The molecule has 1 aromatic rings. The summed E-state index contributed by atoms with van der Waals surface area (Å²) in [6.07, 6.45) is 4.55. The van der Waals surface area contributed by atoms with Crippen molar-refractivity contribution in [1.29, 1.82) is 0 Å². The van der Waals surface area contributed by atoms with Crippen LogP contribution in [0.3, 0.4) is 0 Å². The fraction of sp³-hybridized carbons (Fsp3) is 0.588. The highest BCUT2D eigenvalue weighted by molar-refractivity contribution is 9.09. The van der Waals surface area contributed by atoms with E-state index in [2.05, 4.69) is 46.8 Å². The number of carbonyl (C=O) groups is 1. The predicted molar refractivity (Wildman–Crippen MR) is 87.6 cm³/mol. The van der Waals surface area contributed by atoms with Gasteiger partial charge in [-0.05, 0) is 49.3 Å². The van der Waals surface area contributed by atoms with Crippen molar-refractivity contribution in [2.45, 2.75) is 51.5 Å². The number of rotatable bonds is 5. The molecular formula is C17H24BrNO. The molecule has 20 heavy (non-hydrogen) atoms. The molecule has 0 radical (unpaired) electrons. The first-order valence-corrected chi connectivity index (χ1v) is 8.72. The molecule has 0 aliphatic carbocycles. The summed E-state index contributed by atoms with van der Waals surface area (Å²) in [6, 6.07) is 8.57. The van der Waals surface area contributed by atoms with Crippen LogP contribution in [-0.4, -0.2) is 28.7 Å². The van der Waals surface area contributed by atoms with Crippen molar-refractivity contribution in [2.24, 2.45) is 0 Å². The number of likely N-dealkylation sites (tertiary alicyclic amines) is 1. The molecule has 1 saturated heterocycles. The Bertz CT molecular complexity index is 441. The molecule has 0 N–H and O–H groups in total. The van der Waals surface area contributed by atoms with E-state index in [0.717, 1.165) is 43.1 Å². The van der Waals surface area contributed by atoms with Gasteiger partial charge in [-0.25, -0.2) is 0 Å². The van der Waals surface area contributed by atoms with Gasteiger partial charge in [-0.3, -0.25) is 4.79 Å². The Morgan fingerprint density at radius 2 is 2.05 bits per heavy atom. The van der Waals surface area contributed by atoms with Gasteiger partial charge in [-0.15, -0.1) is 0 Å². The molecule has 110 valence electrons. The summed E-state index contributed by atoms with van der Waals surface area (Å²) >= 11 is 3.48. The molecule has 1 heterocycles. The van der Waals surface area contributed by atoms with Crippen LogP contribution in [0, 0.1) is 0 Å². The summed E-state index contributed by atoms with van der Waals surface area (Å²) in [5.41, 5.74) is 2.12. The topological polar surface area (TPSA) is 20.3 Å². The van der Waals surface area contributed by atoms with E-state index in [-0.39, 0.29) is 5.91 Å². The molecule has 0 spiro atoms. The number of amides is 1. The summed E-state index contributed by atoms with van der Waals surface area (Å²) in [5.74, 6) is 0.718. The minimum absolute atomic E-state index is 0.206. The van der Waals surface area contributed by atoms with Crippen LogP contribution in [0.2, 0.25) is 0 Å². The maximum absolute atomic E-state index is 12.6. The Morgan fingerprint density at radius 3 is 2.65 bits per heavy atom. The number of hydrogen-bond donors (Lipinski definition) is 0. The first-order valence-electron chi connectivity index (χ1n) is 7.60. The van der Waals surface area contributed by atoms with E-state index in [1.54, 1.807) is 0 Å². The Labute approximate surface area is 130 Å². The highest BCUT2D eigenvalue weighted by Crippen LogP contribution is 2.24. The monoisotopic (exact) mass is 337 g/mol. The van der Waals surface area contributed by atoms with Crippen molar-refractivity contribution in [1.82, 2.24) is 4.90 Å². The molecule has 1 atom stereocenters. The van der Waals surface area contributed by atoms with Gasteiger partial charge in [0.15, 0.2) is 0 Å². The first-order chi connectivity index (χ1) is 9.63. The first kappa shape index (κ1) is 15.6. The van der Waals surface area contributed by atoms with Crippen molar-refractivity contribution >= 4 is 21.8 Å². The number of benzene rings is 1. The van der Waals surface area contributed by atoms with Crippen LogP contribution in [0.5, 0.6) is 0 Å². The third kappa shape index (κ3) is 3.63. The Balaban J connectivity index is 2.06. The molecule has 1 aliphatic heterocycles. The van der Waals surface area contributed by atoms with Gasteiger partial charge >= 0.3 is 0 Å². The van der Waals surface area contributed by atoms with Gasteiger partial charge in [0, 0.05) is 23.5 Å². The van der Waals surface area contributed by atoms with Gasteiger partial charge in [0.05, 0.1) is 0 Å². The number of alkyl halides is 1. The zero-order valence-corrected chi connectivity index (χ0v) is 14.0. The lowest BCUT2D eigenvalue weighted by Crippen LogP contribution is -2.35. The van der Waals surface area contributed by atoms with Gasteiger partial charge in [-0.1, -0.05) is 41.9 Å². The van der Waals surface area contributed by atoms with Gasteiger partial charge in [0.2, 0.25) is 0 Å². The highest BCUT2D eigenvalue weighted by atomic mass is 79.9. The smallest absolute Gasteiger partial charge is 0.254 e. The van der Waals surface area contributed by atoms with E-state index in [1.165, 1.54) is 5.56 Å². The minimum atomic E-state index is 0.206. The molecule has 1 amide bonds. The van der Waals surface area contributed by atoms with Crippen LogP contribution in [0.25, 0.3) is 0 Å². The lowest BCUT2D eigenvalue weighted by Gasteiger charge is -2.24. The van der Waals surface area contributed by atoms with E-state index in [1.807, 2.05) is 12.1 Å². The lowest BCUT2D eigenvalue weighted by atomic mass is 10.0. The molecular weight excluding hydrogens is 314 g/mol. The Kier molecular flexibility index (Phi) is 5.64. The molecule has 3 heteroatoms. The van der Waals surface area contributed by atoms with Gasteiger partial charge in [-0.2, -0.15) is 0 Å². The third-order valence-corrected chi connectivity index (χ3v) is 4.69. The molecule has 0 saturated carbocycles. The molecule has 1 aromatic carbocycles. The van der Waals surface area contributed by atoms with E-state index in [0.29, 0.717) is 12.0 Å². The average Bonchev–Trinajstić information content (AvgIpc) is 2.92. The number of halogens is 1. The summed E-state index contributed by atoms with van der Waals surface area (Å²) in [7, 11) is 0. The van der Waals surface area contributed by atoms with E-state index < -0.39 is 0 Å². The Hall–Kier alpha value is -0.830. The number of carbonyl (C=O) groups excluding carboxylic acids is 1. The molecule has 1 unspecified atom stereocenters. The second kappa shape index (κ2) is 7.26. The molecule has 2 rings (SSSR count). The van der Waals surface area contributed by atoms with Crippen molar-refractivity contribution in [2.75, 3.05) is 11.9 Å². The zero-order chi connectivity index (χ0) is 14.5. The van der Waals surface area contributed by atoms with E-state index in [4.69, 9.17) is 0 Å². The normalized spacial score (nSPS) is 18.8. The minimum Gasteiger partial charge on any atom is -0.336 e. The van der Waals surface area contributed by atoms with Crippen LogP contribution in [-0.2, 0) is 0 Å². The SMILES string of the molecule is CC(C)c1ccc(C(=O)N2CCCC2CCCBr)cc1. The van der Waals surface area contributed by atoms with Crippen LogP contribution >= 0.6 is 15.9 Å². The molecule has 1 fully saturated rings. The van der Waals surface area contributed by atoms with Crippen molar-refractivity contribution in [3.63, 3.8) is 0 Å². The van der Waals surface area contributed by atoms with Gasteiger partial charge in [0.25, 0.3) is 5.91 Å². The second-order valence-electron chi connectivity index (χ2n) is 5.90. The maximum atomic E-state index is 12.6. The molecule has 2 nitrogen and oxygen atoms in total. The van der Waals surface area contributed by atoms with Gasteiger partial charge in [0.1, 0.15) is 0 Å². The number of nitrogens with zero attached hydrogens (tertiary/aromatic N) is 1. The van der Waals surface area contributed by atoms with Crippen molar-refractivity contribution in [3.8, 4) is 0 Å². The van der Waals surface area contributed by atoms with Crippen LogP contribution in [0.15, 0.2) is 24.3 Å². The van der Waals surface area contributed by atoms with E-state index in [9.17, 15) is 4.79 Å². The van der Waals surface area contributed by atoms with Crippen LogP contribution in [0.1, 0.15) is 61.4 Å². The second-order valence-corrected chi connectivity index (χ2v) is 6.70. The van der Waals surface area contributed by atoms with E-state index >= 15 is 0 Å². The summed E-state index contributed by atoms with van der Waals surface area (Å²) < 4.78 is 0. The predicted octanol–water partition coefficient (Wildman–Crippen LogP) is 4.59. The molecule has 0 bridgehead atoms. The summed E-state index contributed by atoms with van der Waals surface area (Å²) in [6.45, 7) is 5.26. The zero-order valence-electron chi connectivity index (χ0n) is 12.4. The molecule has 1 aliphatic rings. The Morgan fingerprint density at radius 1 is 1.35 bits per heavy atom. The quantitative estimate of drug-likeness (QED) is 0.719. The fourth-order valence-corrected chi connectivity index (χ4v) is 3.22. The van der Waals surface area contributed by atoms with Crippen molar-refractivity contribution < 1.29 is 4.79 Å². The maximum Gasteiger partial charge on any atom is 0.254 e. The van der Waals surface area contributed by atoms with Crippen molar-refractivity contribution in [3.05, 3.63) is 35.4 Å². The van der Waals surface area contributed by atoms with Crippen LogP contribution < -0.4 is 0 Å². The highest BCUT2D eigenvalue weighted by Gasteiger charge is 2.28. The average molecular weight is 338 g/mol. The standard InChI is InChI=1S/C17H24BrNO/c1-13(2)14-7-9-15(10-8-14)17(20)19-12-4-6-16(19)5-3-11-18/h7-10,13,16H,3-6,11-12H2,1-2H3.